The minimum absolute atomic E-state index is 0.132. The Morgan fingerprint density at radius 1 is 0.923 bits per heavy atom. The van der Waals surface area contributed by atoms with Crippen molar-refractivity contribution in [3.8, 4) is 0 Å². The first-order valence-electron chi connectivity index (χ1n) is 9.44. The predicted octanol–water partition coefficient (Wildman–Crippen LogP) is 5.80. The lowest BCUT2D eigenvalue weighted by molar-refractivity contribution is 0.482. The van der Waals surface area contributed by atoms with Gasteiger partial charge in [-0.25, -0.2) is 8.78 Å². The highest BCUT2D eigenvalue weighted by Gasteiger charge is 2.02. The maximum absolute atomic E-state index is 13.3. The Morgan fingerprint density at radius 2 is 1.50 bits per heavy atom. The Balaban J connectivity index is 0.000000758. The number of hydrogen-bond donors (Lipinski definition) is 2. The third-order valence-electron chi connectivity index (χ3n) is 3.74. The van der Waals surface area contributed by atoms with E-state index in [9.17, 15) is 17.2 Å². The number of rotatable bonds is 12. The second-order valence-corrected chi connectivity index (χ2v) is 7.88. The van der Waals surface area contributed by atoms with Crippen LogP contribution >= 0.6 is 0 Å². The van der Waals surface area contributed by atoms with Crippen LogP contribution in [-0.4, -0.2) is 25.3 Å². The number of unbranched alkanes of at least 4 members (excludes halogenated alkanes) is 7. The van der Waals surface area contributed by atoms with Crippen molar-refractivity contribution in [3.63, 3.8) is 0 Å². The molecule has 0 aliphatic carbocycles. The minimum Gasteiger partial charge on any atom is -0.383 e. The van der Waals surface area contributed by atoms with Crippen LogP contribution in [0.3, 0.4) is 0 Å². The lowest BCUT2D eigenvalue weighted by Crippen LogP contribution is -2.03. The first-order valence-corrected chi connectivity index (χ1v) is 11.0. The molecule has 152 valence electrons. The quantitative estimate of drug-likeness (QED) is 0.348. The third-order valence-corrected chi connectivity index (χ3v) is 4.66. The summed E-state index contributed by atoms with van der Waals surface area (Å²) < 4.78 is 53.6. The normalized spacial score (nSPS) is 11.0. The van der Waals surface area contributed by atoms with Crippen LogP contribution < -0.4 is 5.32 Å². The Kier molecular flexibility index (Phi) is 14.2. The van der Waals surface area contributed by atoms with Crippen molar-refractivity contribution in [2.45, 2.75) is 71.6 Å². The molecular weight excluding hydrogens is 360 g/mol. The molecule has 0 amide bonds. The molecule has 0 aromatic heterocycles. The topological polar surface area (TPSA) is 66.4 Å². The zero-order chi connectivity index (χ0) is 19.8. The fourth-order valence-corrected chi connectivity index (χ4v) is 2.89. The van der Waals surface area contributed by atoms with Crippen LogP contribution in [0.4, 0.5) is 14.5 Å². The van der Waals surface area contributed by atoms with E-state index in [2.05, 4.69) is 12.2 Å². The summed E-state index contributed by atoms with van der Waals surface area (Å²) in [7, 11) is -3.67. The van der Waals surface area contributed by atoms with Gasteiger partial charge in [-0.2, -0.15) is 8.42 Å². The van der Waals surface area contributed by atoms with Crippen LogP contribution in [0.5, 0.6) is 0 Å². The van der Waals surface area contributed by atoms with Crippen LogP contribution in [0.25, 0.3) is 0 Å². The van der Waals surface area contributed by atoms with Crippen LogP contribution in [0, 0.1) is 11.6 Å². The molecule has 0 saturated heterocycles. The van der Waals surface area contributed by atoms with Crippen molar-refractivity contribution in [2.75, 3.05) is 17.6 Å². The van der Waals surface area contributed by atoms with Gasteiger partial charge in [0.15, 0.2) is 0 Å². The minimum atomic E-state index is -3.67. The van der Waals surface area contributed by atoms with Crippen molar-refractivity contribution in [1.82, 2.24) is 0 Å². The molecule has 26 heavy (non-hydrogen) atoms. The summed E-state index contributed by atoms with van der Waals surface area (Å²) in [6.07, 6.45) is 10.5. The molecule has 0 heterocycles. The molecule has 0 radical (unpaired) electrons. The lowest BCUT2D eigenvalue weighted by atomic mass is 10.1. The average molecular weight is 394 g/mol. The van der Waals surface area contributed by atoms with Gasteiger partial charge in [0, 0.05) is 12.6 Å². The molecule has 7 heteroatoms. The molecular formula is C19H33F2NO3S. The van der Waals surface area contributed by atoms with E-state index in [1.807, 2.05) is 0 Å². The van der Waals surface area contributed by atoms with Gasteiger partial charge < -0.3 is 5.32 Å². The van der Waals surface area contributed by atoms with E-state index < -0.39 is 21.8 Å². The van der Waals surface area contributed by atoms with Gasteiger partial charge in [-0.05, 0) is 25.0 Å². The molecule has 1 aromatic carbocycles. The first kappa shape index (κ1) is 24.8. The van der Waals surface area contributed by atoms with E-state index in [0.29, 0.717) is 12.1 Å². The Morgan fingerprint density at radius 3 is 1.96 bits per heavy atom. The lowest BCUT2D eigenvalue weighted by Gasteiger charge is -2.07. The van der Waals surface area contributed by atoms with Crippen molar-refractivity contribution in [2.24, 2.45) is 0 Å². The molecule has 0 spiro atoms. The second kappa shape index (κ2) is 14.9. The summed E-state index contributed by atoms with van der Waals surface area (Å²) in [5, 5.41) is 3.01. The SMILES string of the molecule is CCCCCCCCCCNc1ccc(F)cc1F.CCCS(=O)(=O)O. The molecule has 0 fully saturated rings. The summed E-state index contributed by atoms with van der Waals surface area (Å²) in [5.74, 6) is -1.18. The Bertz CT molecular complexity index is 580. The number of nitrogens with one attached hydrogen (secondary N) is 1. The zero-order valence-corrected chi connectivity index (χ0v) is 16.8. The number of anilines is 1. The van der Waals surface area contributed by atoms with Gasteiger partial charge in [-0.3, -0.25) is 4.55 Å². The molecule has 0 unspecified atom stereocenters. The van der Waals surface area contributed by atoms with Crippen LogP contribution in [0.15, 0.2) is 18.2 Å². The average Bonchev–Trinajstić information content (AvgIpc) is 2.54. The van der Waals surface area contributed by atoms with E-state index in [1.54, 1.807) is 6.92 Å². The summed E-state index contributed by atoms with van der Waals surface area (Å²) in [4.78, 5) is 0. The van der Waals surface area contributed by atoms with Crippen LogP contribution in [0.1, 0.15) is 71.6 Å². The largest absolute Gasteiger partial charge is 0.383 e. The fourth-order valence-electron chi connectivity index (χ4n) is 2.37. The van der Waals surface area contributed by atoms with Gasteiger partial charge in [0.25, 0.3) is 10.1 Å². The molecule has 1 rings (SSSR count). The zero-order valence-electron chi connectivity index (χ0n) is 15.9. The Labute approximate surface area is 157 Å². The highest BCUT2D eigenvalue weighted by molar-refractivity contribution is 7.85. The van der Waals surface area contributed by atoms with Gasteiger partial charge in [0.2, 0.25) is 0 Å². The van der Waals surface area contributed by atoms with E-state index >= 15 is 0 Å². The predicted molar refractivity (Wildman–Crippen MR) is 104 cm³/mol. The summed E-state index contributed by atoms with van der Waals surface area (Å²) in [5.41, 5.74) is 0.393. The second-order valence-electron chi connectivity index (χ2n) is 6.31. The maximum Gasteiger partial charge on any atom is 0.264 e. The van der Waals surface area contributed by atoms with E-state index in [0.717, 1.165) is 19.0 Å². The Hall–Kier alpha value is -1.21. The highest BCUT2D eigenvalue weighted by atomic mass is 32.2. The van der Waals surface area contributed by atoms with Crippen LogP contribution in [0.2, 0.25) is 0 Å². The number of hydrogen-bond acceptors (Lipinski definition) is 3. The van der Waals surface area contributed by atoms with E-state index in [-0.39, 0.29) is 5.75 Å². The van der Waals surface area contributed by atoms with Gasteiger partial charge in [-0.15, -0.1) is 0 Å². The maximum atomic E-state index is 13.3. The highest BCUT2D eigenvalue weighted by Crippen LogP contribution is 2.15. The first-order chi connectivity index (χ1) is 12.3. The molecule has 1 aromatic rings. The number of halogens is 2. The van der Waals surface area contributed by atoms with Crippen molar-refractivity contribution in [1.29, 1.82) is 0 Å². The molecule has 4 nitrogen and oxygen atoms in total. The molecule has 0 aliphatic heterocycles. The van der Waals surface area contributed by atoms with Gasteiger partial charge in [-0.1, -0.05) is 58.8 Å². The van der Waals surface area contributed by atoms with Crippen molar-refractivity contribution < 1.29 is 21.8 Å². The standard InChI is InChI=1S/C16H25F2N.C3H8O3S/c1-2-3-4-5-6-7-8-9-12-19-16-11-10-14(17)13-15(16)18;1-2-3-7(4,5)6/h10-11,13,19H,2-9,12H2,1H3;2-3H2,1H3,(H,4,5,6). The monoisotopic (exact) mass is 393 g/mol. The van der Waals surface area contributed by atoms with Crippen LogP contribution in [-0.2, 0) is 10.1 Å². The molecule has 0 bridgehead atoms. The van der Waals surface area contributed by atoms with E-state index in [4.69, 9.17) is 4.55 Å². The summed E-state index contributed by atoms with van der Waals surface area (Å²) in [6.45, 7) is 4.66. The smallest absolute Gasteiger partial charge is 0.264 e. The molecule has 0 aliphatic rings. The number of benzene rings is 1. The van der Waals surface area contributed by atoms with Crippen molar-refractivity contribution >= 4 is 15.8 Å². The molecule has 0 atom stereocenters. The van der Waals surface area contributed by atoms with Crippen molar-refractivity contribution in [3.05, 3.63) is 29.8 Å². The molecule has 0 saturated carbocycles. The molecule has 2 N–H and O–H groups in total. The third kappa shape index (κ3) is 15.1. The van der Waals surface area contributed by atoms with E-state index in [1.165, 1.54) is 57.1 Å². The summed E-state index contributed by atoms with van der Waals surface area (Å²) in [6, 6.07) is 3.64. The fraction of sp³-hybridized carbons (Fsp3) is 0.684. The van der Waals surface area contributed by atoms with Gasteiger partial charge in [0.1, 0.15) is 11.6 Å². The van der Waals surface area contributed by atoms with Gasteiger partial charge in [0.05, 0.1) is 11.4 Å². The summed E-state index contributed by atoms with van der Waals surface area (Å²) >= 11 is 0. The van der Waals surface area contributed by atoms with Gasteiger partial charge >= 0.3 is 0 Å².